The Bertz CT molecular complexity index is 1200. The Hall–Kier alpha value is -3.12. The van der Waals surface area contributed by atoms with E-state index in [2.05, 4.69) is 39.8 Å². The minimum atomic E-state index is -0.238. The van der Waals surface area contributed by atoms with E-state index in [-0.39, 0.29) is 23.3 Å². The topological polar surface area (TPSA) is 19.0 Å². The molecule has 2 heterocycles. The summed E-state index contributed by atoms with van der Waals surface area (Å²) in [6, 6.07) is 22.3. The first-order valence-electron chi connectivity index (χ1n) is 12.8. The van der Waals surface area contributed by atoms with Crippen LogP contribution < -0.4 is 14.5 Å². The number of hydrogen-bond donors (Lipinski definition) is 0. The Morgan fingerprint density at radius 2 is 1.64 bits per heavy atom. The average molecular weight is 492 g/mol. The van der Waals surface area contributed by atoms with Crippen LogP contribution in [0.25, 0.3) is 0 Å². The normalized spacial score (nSPS) is 22.6. The number of anilines is 2. The summed E-state index contributed by atoms with van der Waals surface area (Å²) in [4.78, 5) is 7.09. The van der Waals surface area contributed by atoms with Gasteiger partial charge in [-0.05, 0) is 87.7 Å². The van der Waals surface area contributed by atoms with Crippen molar-refractivity contribution in [1.29, 1.82) is 0 Å². The third-order valence-electron chi connectivity index (χ3n) is 7.48. The summed E-state index contributed by atoms with van der Waals surface area (Å²) in [5, 5.41) is 0. The molecule has 0 bridgehead atoms. The molecule has 2 saturated heterocycles. The molecule has 0 saturated carbocycles. The van der Waals surface area contributed by atoms with Crippen LogP contribution in [0.3, 0.4) is 0 Å². The maximum absolute atomic E-state index is 14.2. The first-order valence-corrected chi connectivity index (χ1v) is 12.8. The molecule has 1 spiro atoms. The summed E-state index contributed by atoms with van der Waals surface area (Å²) in [6.07, 6.45) is 2.03. The maximum atomic E-state index is 14.2. The van der Waals surface area contributed by atoms with Gasteiger partial charge in [-0.3, -0.25) is 4.90 Å². The smallest absolute Gasteiger partial charge is 0.125 e. The zero-order valence-corrected chi connectivity index (χ0v) is 21.3. The van der Waals surface area contributed by atoms with E-state index in [0.717, 1.165) is 49.6 Å². The summed E-state index contributed by atoms with van der Waals surface area (Å²) in [5.41, 5.74) is 2.84. The minimum Gasteiger partial charge on any atom is -0.491 e. The number of ether oxygens (including phenoxy) is 1. The predicted octanol–water partition coefficient (Wildman–Crippen LogP) is 6.46. The van der Waals surface area contributed by atoms with Crippen LogP contribution >= 0.6 is 0 Å². The van der Waals surface area contributed by atoms with Crippen LogP contribution in [-0.4, -0.2) is 42.3 Å². The van der Waals surface area contributed by atoms with Crippen molar-refractivity contribution in [3.63, 3.8) is 0 Å². The Labute approximate surface area is 213 Å². The lowest BCUT2D eigenvalue weighted by Crippen LogP contribution is -2.57. The molecule has 0 unspecified atom stereocenters. The van der Waals surface area contributed by atoms with Crippen molar-refractivity contribution in [2.75, 3.05) is 29.6 Å². The van der Waals surface area contributed by atoms with Gasteiger partial charge in [0.2, 0.25) is 0 Å². The molecule has 4 nitrogen and oxygen atoms in total. The molecule has 0 aliphatic carbocycles. The molecule has 0 aromatic heterocycles. The second-order valence-corrected chi connectivity index (χ2v) is 10.5. The van der Waals surface area contributed by atoms with E-state index in [1.165, 1.54) is 17.7 Å². The molecule has 0 radical (unpaired) electrons. The molecule has 3 aromatic carbocycles. The fourth-order valence-corrected chi connectivity index (χ4v) is 5.86. The van der Waals surface area contributed by atoms with Gasteiger partial charge in [-0.15, -0.1) is 0 Å². The van der Waals surface area contributed by atoms with Gasteiger partial charge in [-0.1, -0.05) is 24.3 Å². The summed E-state index contributed by atoms with van der Waals surface area (Å²) in [7, 11) is 0. The molecule has 190 valence electrons. The van der Waals surface area contributed by atoms with Crippen molar-refractivity contribution in [3.8, 4) is 5.75 Å². The molecule has 0 amide bonds. The number of rotatable bonds is 6. The molecule has 2 atom stereocenters. The van der Waals surface area contributed by atoms with Crippen molar-refractivity contribution in [3.05, 3.63) is 90.0 Å². The van der Waals surface area contributed by atoms with Gasteiger partial charge in [-0.2, -0.15) is 0 Å². The van der Waals surface area contributed by atoms with Crippen molar-refractivity contribution >= 4 is 11.4 Å². The van der Waals surface area contributed by atoms with Crippen LogP contribution in [0.4, 0.5) is 20.2 Å². The quantitative estimate of drug-likeness (QED) is 0.394. The second kappa shape index (κ2) is 10.1. The lowest BCUT2D eigenvalue weighted by molar-refractivity contribution is 0.105. The summed E-state index contributed by atoms with van der Waals surface area (Å²) in [5.74, 6) is 0.431. The number of hydrogen-bond acceptors (Lipinski definition) is 4. The molecule has 0 N–H and O–H groups in total. The second-order valence-electron chi connectivity index (χ2n) is 10.5. The van der Waals surface area contributed by atoms with E-state index in [0.29, 0.717) is 12.7 Å². The number of likely N-dealkylation sites (tertiary alicyclic amines) is 1. The maximum Gasteiger partial charge on any atom is 0.125 e. The first-order chi connectivity index (χ1) is 17.3. The molecule has 2 aliphatic heterocycles. The molecule has 5 rings (SSSR count). The zero-order valence-electron chi connectivity index (χ0n) is 21.3. The number of halogens is 2. The molecule has 36 heavy (non-hydrogen) atoms. The Balaban J connectivity index is 1.38. The average Bonchev–Trinajstić information content (AvgIpc) is 3.19. The van der Waals surface area contributed by atoms with Crippen molar-refractivity contribution in [1.82, 2.24) is 4.90 Å². The van der Waals surface area contributed by atoms with Gasteiger partial charge in [0.05, 0.1) is 18.3 Å². The molecular weight excluding hydrogens is 456 g/mol. The Morgan fingerprint density at radius 3 is 2.33 bits per heavy atom. The first kappa shape index (κ1) is 24.6. The Kier molecular flexibility index (Phi) is 6.89. The highest BCUT2D eigenvalue weighted by atomic mass is 19.1. The van der Waals surface area contributed by atoms with Crippen LogP contribution in [-0.2, 0) is 6.54 Å². The van der Waals surface area contributed by atoms with Gasteiger partial charge >= 0.3 is 0 Å². The molecule has 2 aliphatic rings. The molecule has 3 aromatic rings. The molecule has 6 heteroatoms. The third kappa shape index (κ3) is 5.19. The lowest BCUT2D eigenvalue weighted by atomic mass is 9.82. The van der Waals surface area contributed by atoms with E-state index in [1.54, 1.807) is 24.3 Å². The van der Waals surface area contributed by atoms with Crippen LogP contribution in [0.2, 0.25) is 0 Å². The largest absolute Gasteiger partial charge is 0.491 e. The van der Waals surface area contributed by atoms with Gasteiger partial charge in [0.25, 0.3) is 0 Å². The van der Waals surface area contributed by atoms with Crippen LogP contribution in [0, 0.1) is 11.6 Å². The summed E-state index contributed by atoms with van der Waals surface area (Å²) in [6.45, 7) is 9.54. The lowest BCUT2D eigenvalue weighted by Gasteiger charge is -2.48. The SMILES string of the molecule is CC(C)Oc1cccc(CN2CC[C@@]3(C[C@@H]2C)CN(c2cccc(F)c2)CN3c2cccc(F)c2)c1. The standard InChI is InChI=1S/C30H35F2N3O/c1-22(2)36-29-12-4-7-24(15-29)19-33-14-13-30(18-23(33)3)20-34(27-10-5-8-25(31)16-27)21-35(30)28-11-6-9-26(32)17-28/h4-12,15-17,22-23H,13-14,18-21H2,1-3H3/t23-,30+/m0/s1. The molecule has 2 fully saturated rings. The van der Waals surface area contributed by atoms with Crippen molar-refractivity contribution in [2.45, 2.75) is 57.8 Å². The fraction of sp³-hybridized carbons (Fsp3) is 0.400. The number of benzene rings is 3. The van der Waals surface area contributed by atoms with Crippen LogP contribution in [0.1, 0.15) is 39.2 Å². The highest BCUT2D eigenvalue weighted by molar-refractivity contribution is 5.58. The highest BCUT2D eigenvalue weighted by Crippen LogP contribution is 2.42. The Morgan fingerprint density at radius 1 is 0.944 bits per heavy atom. The van der Waals surface area contributed by atoms with Gasteiger partial charge in [0.15, 0.2) is 0 Å². The summed E-state index contributed by atoms with van der Waals surface area (Å²) >= 11 is 0. The van der Waals surface area contributed by atoms with E-state index >= 15 is 0 Å². The van der Waals surface area contributed by atoms with Gasteiger partial charge in [0.1, 0.15) is 17.4 Å². The zero-order chi connectivity index (χ0) is 25.3. The van der Waals surface area contributed by atoms with Crippen LogP contribution in [0.5, 0.6) is 5.75 Å². The minimum absolute atomic E-state index is 0.145. The monoisotopic (exact) mass is 491 g/mol. The summed E-state index contributed by atoms with van der Waals surface area (Å²) < 4.78 is 34.2. The van der Waals surface area contributed by atoms with Crippen molar-refractivity contribution < 1.29 is 13.5 Å². The predicted molar refractivity (Wildman–Crippen MR) is 142 cm³/mol. The van der Waals surface area contributed by atoms with E-state index in [1.807, 2.05) is 32.0 Å². The number of piperidine rings is 1. The highest BCUT2D eigenvalue weighted by Gasteiger charge is 2.48. The van der Waals surface area contributed by atoms with Gasteiger partial charge < -0.3 is 14.5 Å². The van der Waals surface area contributed by atoms with E-state index in [9.17, 15) is 8.78 Å². The van der Waals surface area contributed by atoms with E-state index in [4.69, 9.17) is 4.74 Å². The number of nitrogens with zero attached hydrogens (tertiary/aromatic N) is 3. The van der Waals surface area contributed by atoms with Crippen molar-refractivity contribution in [2.24, 2.45) is 0 Å². The van der Waals surface area contributed by atoms with Gasteiger partial charge in [-0.25, -0.2) is 8.78 Å². The molecular formula is C30H35F2N3O. The van der Waals surface area contributed by atoms with E-state index < -0.39 is 0 Å². The van der Waals surface area contributed by atoms with Gasteiger partial charge in [0, 0.05) is 37.1 Å². The van der Waals surface area contributed by atoms with Crippen LogP contribution in [0.15, 0.2) is 72.8 Å². The fourth-order valence-electron chi connectivity index (χ4n) is 5.86. The third-order valence-corrected chi connectivity index (χ3v) is 7.48.